The Hall–Kier alpha value is -1.48. The van der Waals surface area contributed by atoms with Crippen LogP contribution in [-0.2, 0) is 0 Å². The zero-order chi connectivity index (χ0) is 9.97. The van der Waals surface area contributed by atoms with E-state index in [0.717, 1.165) is 0 Å². The van der Waals surface area contributed by atoms with E-state index < -0.39 is 5.95 Å². The Labute approximate surface area is 85.4 Å². The maximum atomic E-state index is 13.2. The van der Waals surface area contributed by atoms with Gasteiger partial charge in [-0.05, 0) is 6.07 Å². The maximum absolute atomic E-state index is 13.2. The fourth-order valence-corrected chi connectivity index (χ4v) is 1.38. The third-order valence-electron chi connectivity index (χ3n) is 1.78. The summed E-state index contributed by atoms with van der Waals surface area (Å²) in [6.45, 7) is 0. The Kier molecular flexibility index (Phi) is 2.41. The monoisotopic (exact) mass is 208 g/mol. The highest BCUT2D eigenvalue weighted by Gasteiger charge is 2.09. The van der Waals surface area contributed by atoms with Crippen molar-refractivity contribution in [2.75, 3.05) is 0 Å². The van der Waals surface area contributed by atoms with Crippen LogP contribution in [0.3, 0.4) is 0 Å². The van der Waals surface area contributed by atoms with Gasteiger partial charge in [0.1, 0.15) is 5.69 Å². The van der Waals surface area contributed by atoms with Gasteiger partial charge in [0, 0.05) is 18.0 Å². The van der Waals surface area contributed by atoms with Gasteiger partial charge in [-0.15, -0.1) is 0 Å². The fourth-order valence-electron chi connectivity index (χ4n) is 1.15. The van der Waals surface area contributed by atoms with Crippen LogP contribution in [0.4, 0.5) is 4.39 Å². The van der Waals surface area contributed by atoms with Crippen molar-refractivity contribution >= 4 is 11.6 Å². The van der Waals surface area contributed by atoms with Crippen LogP contribution in [0.15, 0.2) is 36.7 Å². The van der Waals surface area contributed by atoms with Crippen LogP contribution in [0, 0.1) is 5.95 Å². The first kappa shape index (κ1) is 9.09. The predicted octanol–water partition coefficient (Wildman–Crippen LogP) is 2.94. The van der Waals surface area contributed by atoms with Gasteiger partial charge in [-0.3, -0.25) is 0 Å². The number of rotatable bonds is 1. The summed E-state index contributed by atoms with van der Waals surface area (Å²) >= 11 is 5.90. The molecule has 70 valence electrons. The number of hydrogen-bond donors (Lipinski definition) is 0. The molecule has 0 atom stereocenters. The minimum absolute atomic E-state index is 0.179. The van der Waals surface area contributed by atoms with Crippen LogP contribution in [0.5, 0.6) is 0 Å². The Bertz CT molecular complexity index is 416. The Balaban J connectivity index is 2.61. The topological polar surface area (TPSA) is 25.8 Å². The van der Waals surface area contributed by atoms with Crippen molar-refractivity contribution in [2.24, 2.45) is 0 Å². The highest BCUT2D eigenvalue weighted by molar-refractivity contribution is 6.33. The summed E-state index contributed by atoms with van der Waals surface area (Å²) in [6, 6.07) is 6.94. The molecule has 0 N–H and O–H groups in total. The molecule has 0 saturated heterocycles. The third-order valence-corrected chi connectivity index (χ3v) is 2.11. The van der Waals surface area contributed by atoms with Crippen molar-refractivity contribution in [2.45, 2.75) is 0 Å². The molecule has 1 aromatic carbocycles. The average Bonchev–Trinajstić information content (AvgIpc) is 2.20. The van der Waals surface area contributed by atoms with Crippen molar-refractivity contribution in [3.05, 3.63) is 47.6 Å². The number of aromatic nitrogens is 2. The molecule has 14 heavy (non-hydrogen) atoms. The lowest BCUT2D eigenvalue weighted by Crippen LogP contribution is -1.92. The summed E-state index contributed by atoms with van der Waals surface area (Å²) in [6.07, 6.45) is 2.73. The molecule has 0 amide bonds. The molecule has 0 aliphatic heterocycles. The zero-order valence-corrected chi connectivity index (χ0v) is 7.87. The number of hydrogen-bond acceptors (Lipinski definition) is 2. The lowest BCUT2D eigenvalue weighted by atomic mass is 10.1. The Morgan fingerprint density at radius 3 is 2.50 bits per heavy atom. The number of halogens is 2. The van der Waals surface area contributed by atoms with Gasteiger partial charge >= 0.3 is 0 Å². The first-order valence-electron chi connectivity index (χ1n) is 4.00. The molecule has 1 heterocycles. The van der Waals surface area contributed by atoms with E-state index in [9.17, 15) is 4.39 Å². The van der Waals surface area contributed by atoms with Gasteiger partial charge in [0.2, 0.25) is 5.95 Å². The van der Waals surface area contributed by atoms with Crippen molar-refractivity contribution in [1.82, 2.24) is 9.97 Å². The van der Waals surface area contributed by atoms with Crippen LogP contribution in [0.25, 0.3) is 11.3 Å². The largest absolute Gasteiger partial charge is 0.250 e. The zero-order valence-electron chi connectivity index (χ0n) is 7.11. The summed E-state index contributed by atoms with van der Waals surface area (Å²) in [4.78, 5) is 7.40. The number of benzene rings is 1. The minimum atomic E-state index is -0.611. The van der Waals surface area contributed by atoms with E-state index in [1.807, 2.05) is 0 Å². The predicted molar refractivity (Wildman–Crippen MR) is 52.4 cm³/mol. The molecule has 0 aliphatic rings. The van der Waals surface area contributed by atoms with Gasteiger partial charge in [0.15, 0.2) is 0 Å². The molecular formula is C10H6ClFN2. The van der Waals surface area contributed by atoms with Crippen LogP contribution in [0.2, 0.25) is 5.02 Å². The Morgan fingerprint density at radius 2 is 1.79 bits per heavy atom. The molecule has 0 fully saturated rings. The van der Waals surface area contributed by atoms with Crippen molar-refractivity contribution in [1.29, 1.82) is 0 Å². The first-order valence-corrected chi connectivity index (χ1v) is 4.38. The molecule has 0 saturated carbocycles. The molecule has 0 bridgehead atoms. The van der Waals surface area contributed by atoms with E-state index in [2.05, 4.69) is 9.97 Å². The van der Waals surface area contributed by atoms with Crippen molar-refractivity contribution < 1.29 is 4.39 Å². The molecule has 0 unspecified atom stereocenters. The van der Waals surface area contributed by atoms with Crippen molar-refractivity contribution in [3.63, 3.8) is 0 Å². The van der Waals surface area contributed by atoms with Crippen LogP contribution in [0.1, 0.15) is 0 Å². The molecule has 2 aromatic rings. The van der Waals surface area contributed by atoms with Gasteiger partial charge in [0.25, 0.3) is 0 Å². The lowest BCUT2D eigenvalue weighted by molar-refractivity contribution is 0.581. The molecule has 2 rings (SSSR count). The van der Waals surface area contributed by atoms with Crippen molar-refractivity contribution in [3.8, 4) is 11.3 Å². The highest BCUT2D eigenvalue weighted by Crippen LogP contribution is 2.26. The quantitative estimate of drug-likeness (QED) is 0.720. The summed E-state index contributed by atoms with van der Waals surface area (Å²) in [5.74, 6) is -0.611. The van der Waals surface area contributed by atoms with E-state index in [0.29, 0.717) is 10.6 Å². The lowest BCUT2D eigenvalue weighted by Gasteiger charge is -2.02. The standard InChI is InChI=1S/C10H6ClFN2/c11-8-4-2-1-3-7(8)9-10(12)14-6-5-13-9/h1-6H. The summed E-state index contributed by atoms with van der Waals surface area (Å²) < 4.78 is 13.2. The smallest absolute Gasteiger partial charge is 0.239 e. The molecule has 4 heteroatoms. The molecule has 0 spiro atoms. The SMILES string of the molecule is Fc1nccnc1-c1ccccc1Cl. The van der Waals surface area contributed by atoms with E-state index in [-0.39, 0.29) is 5.69 Å². The van der Waals surface area contributed by atoms with Gasteiger partial charge in [-0.1, -0.05) is 29.8 Å². The second-order valence-electron chi connectivity index (χ2n) is 2.68. The van der Waals surface area contributed by atoms with Crippen LogP contribution < -0.4 is 0 Å². The van der Waals surface area contributed by atoms with E-state index in [4.69, 9.17) is 11.6 Å². The van der Waals surface area contributed by atoms with Gasteiger partial charge in [-0.2, -0.15) is 4.39 Å². The van der Waals surface area contributed by atoms with Gasteiger partial charge < -0.3 is 0 Å². The van der Waals surface area contributed by atoms with E-state index in [1.165, 1.54) is 12.4 Å². The number of nitrogens with zero attached hydrogens (tertiary/aromatic N) is 2. The second kappa shape index (κ2) is 3.72. The molecule has 2 nitrogen and oxygen atoms in total. The van der Waals surface area contributed by atoms with Gasteiger partial charge in [0.05, 0.1) is 5.02 Å². The first-order chi connectivity index (χ1) is 6.79. The normalized spacial score (nSPS) is 10.1. The van der Waals surface area contributed by atoms with Crippen LogP contribution >= 0.6 is 11.6 Å². The molecule has 0 aliphatic carbocycles. The summed E-state index contributed by atoms with van der Waals surface area (Å²) in [5, 5.41) is 0.465. The Morgan fingerprint density at radius 1 is 1.07 bits per heavy atom. The highest BCUT2D eigenvalue weighted by atomic mass is 35.5. The third kappa shape index (κ3) is 1.59. The van der Waals surface area contributed by atoms with E-state index in [1.54, 1.807) is 24.3 Å². The second-order valence-corrected chi connectivity index (χ2v) is 3.08. The fraction of sp³-hybridized carbons (Fsp3) is 0. The minimum Gasteiger partial charge on any atom is -0.250 e. The molecular weight excluding hydrogens is 203 g/mol. The van der Waals surface area contributed by atoms with Gasteiger partial charge in [-0.25, -0.2) is 9.97 Å². The summed E-state index contributed by atoms with van der Waals surface area (Å²) in [7, 11) is 0. The summed E-state index contributed by atoms with van der Waals surface area (Å²) in [5.41, 5.74) is 0.734. The van der Waals surface area contributed by atoms with Crippen LogP contribution in [-0.4, -0.2) is 9.97 Å². The average molecular weight is 209 g/mol. The molecule has 1 aromatic heterocycles. The molecule has 0 radical (unpaired) electrons. The maximum Gasteiger partial charge on any atom is 0.239 e. The van der Waals surface area contributed by atoms with E-state index >= 15 is 0 Å².